The minimum atomic E-state index is -0.835. The SMILES string of the molecule is O=C(O)Cc1cccc(Cc2nc3c(Cl)c(Cl)ccc3s2)c1. The van der Waals surface area contributed by atoms with Crippen molar-refractivity contribution in [2.45, 2.75) is 12.8 Å². The molecule has 0 radical (unpaired) electrons. The number of aliphatic carboxylic acids is 1. The van der Waals surface area contributed by atoms with Gasteiger partial charge in [0.1, 0.15) is 5.52 Å². The van der Waals surface area contributed by atoms with Gasteiger partial charge in [-0.1, -0.05) is 47.5 Å². The molecule has 0 aliphatic heterocycles. The molecule has 0 saturated carbocycles. The van der Waals surface area contributed by atoms with Crippen molar-refractivity contribution in [1.29, 1.82) is 0 Å². The average molecular weight is 352 g/mol. The van der Waals surface area contributed by atoms with Crippen molar-refractivity contribution in [3.8, 4) is 0 Å². The minimum absolute atomic E-state index is 0.0229. The highest BCUT2D eigenvalue weighted by Crippen LogP contribution is 2.34. The first-order valence-electron chi connectivity index (χ1n) is 6.56. The highest BCUT2D eigenvalue weighted by Gasteiger charge is 2.11. The Kier molecular flexibility index (Phi) is 4.34. The Bertz CT molecular complexity index is 860. The lowest BCUT2D eigenvalue weighted by Crippen LogP contribution is -2.00. The van der Waals surface area contributed by atoms with E-state index in [9.17, 15) is 4.79 Å². The number of thiazole rings is 1. The van der Waals surface area contributed by atoms with E-state index in [1.54, 1.807) is 17.4 Å². The van der Waals surface area contributed by atoms with Crippen LogP contribution in [0.1, 0.15) is 16.1 Å². The molecule has 0 aliphatic rings. The van der Waals surface area contributed by atoms with E-state index in [1.165, 1.54) is 0 Å². The van der Waals surface area contributed by atoms with Gasteiger partial charge >= 0.3 is 5.97 Å². The summed E-state index contributed by atoms with van der Waals surface area (Å²) in [4.78, 5) is 15.3. The maximum absolute atomic E-state index is 10.8. The minimum Gasteiger partial charge on any atom is -0.481 e. The van der Waals surface area contributed by atoms with Crippen LogP contribution in [-0.2, 0) is 17.6 Å². The summed E-state index contributed by atoms with van der Waals surface area (Å²) in [5.41, 5.74) is 2.53. The van der Waals surface area contributed by atoms with Crippen LogP contribution in [-0.4, -0.2) is 16.1 Å². The molecule has 0 aliphatic carbocycles. The van der Waals surface area contributed by atoms with Gasteiger partial charge in [-0.2, -0.15) is 0 Å². The zero-order chi connectivity index (χ0) is 15.7. The van der Waals surface area contributed by atoms with Gasteiger partial charge in [0.2, 0.25) is 0 Å². The zero-order valence-electron chi connectivity index (χ0n) is 11.3. The van der Waals surface area contributed by atoms with Crippen LogP contribution < -0.4 is 0 Å². The number of carbonyl (C=O) groups is 1. The van der Waals surface area contributed by atoms with E-state index < -0.39 is 5.97 Å². The summed E-state index contributed by atoms with van der Waals surface area (Å²) >= 11 is 13.7. The van der Waals surface area contributed by atoms with Crippen molar-refractivity contribution in [1.82, 2.24) is 4.98 Å². The number of benzene rings is 2. The van der Waals surface area contributed by atoms with Crippen molar-refractivity contribution in [3.63, 3.8) is 0 Å². The Hall–Kier alpha value is -1.62. The maximum atomic E-state index is 10.8. The first-order chi connectivity index (χ1) is 10.5. The van der Waals surface area contributed by atoms with E-state index >= 15 is 0 Å². The van der Waals surface area contributed by atoms with E-state index in [0.29, 0.717) is 16.5 Å². The quantitative estimate of drug-likeness (QED) is 0.732. The van der Waals surface area contributed by atoms with Crippen molar-refractivity contribution < 1.29 is 9.90 Å². The van der Waals surface area contributed by atoms with Gasteiger partial charge in [0.25, 0.3) is 0 Å². The van der Waals surface area contributed by atoms with Crippen LogP contribution >= 0.6 is 34.5 Å². The third kappa shape index (κ3) is 3.24. The first kappa shape index (κ1) is 15.3. The molecule has 2 aromatic carbocycles. The third-order valence-corrected chi connectivity index (χ3v) is 5.01. The second kappa shape index (κ2) is 6.24. The number of carboxylic acids is 1. The van der Waals surface area contributed by atoms with Crippen molar-refractivity contribution in [3.05, 3.63) is 62.6 Å². The van der Waals surface area contributed by atoms with Gasteiger partial charge in [-0.05, 0) is 23.3 Å². The van der Waals surface area contributed by atoms with Crippen molar-refractivity contribution >= 4 is 50.7 Å². The van der Waals surface area contributed by atoms with E-state index in [2.05, 4.69) is 4.98 Å². The summed E-state index contributed by atoms with van der Waals surface area (Å²) in [6, 6.07) is 11.2. The number of hydrogen-bond donors (Lipinski definition) is 1. The number of hydrogen-bond acceptors (Lipinski definition) is 3. The van der Waals surface area contributed by atoms with Crippen LogP contribution in [0.2, 0.25) is 10.0 Å². The summed E-state index contributed by atoms with van der Waals surface area (Å²) in [5.74, 6) is -0.835. The molecule has 1 N–H and O–H groups in total. The standard InChI is InChI=1S/C16H11Cl2NO2S/c17-11-4-5-12-16(15(11)18)19-13(22-12)7-9-2-1-3-10(6-9)8-14(20)21/h1-6H,7-8H2,(H,20,21). The maximum Gasteiger partial charge on any atom is 0.307 e. The molecule has 3 rings (SSSR count). The molecule has 112 valence electrons. The number of nitrogens with zero attached hydrogens (tertiary/aromatic N) is 1. The van der Waals surface area contributed by atoms with Gasteiger partial charge < -0.3 is 5.11 Å². The first-order valence-corrected chi connectivity index (χ1v) is 8.13. The Morgan fingerprint density at radius 1 is 1.18 bits per heavy atom. The molecule has 0 unspecified atom stereocenters. The van der Waals surface area contributed by atoms with Gasteiger partial charge in [0, 0.05) is 6.42 Å². The zero-order valence-corrected chi connectivity index (χ0v) is 13.7. The molecule has 0 bridgehead atoms. The Morgan fingerprint density at radius 3 is 2.73 bits per heavy atom. The van der Waals surface area contributed by atoms with Crippen LogP contribution in [0.25, 0.3) is 10.2 Å². The molecular weight excluding hydrogens is 341 g/mol. The molecule has 1 heterocycles. The van der Waals surface area contributed by atoms with Crippen molar-refractivity contribution in [2.75, 3.05) is 0 Å². The summed E-state index contributed by atoms with van der Waals surface area (Å²) in [5, 5.41) is 10.8. The van der Waals surface area contributed by atoms with Gasteiger partial charge in [-0.3, -0.25) is 4.79 Å². The number of carboxylic acid groups (broad SMARTS) is 1. The number of aromatic nitrogens is 1. The number of fused-ring (bicyclic) bond motifs is 1. The van der Waals surface area contributed by atoms with Gasteiger partial charge in [-0.25, -0.2) is 4.98 Å². The Morgan fingerprint density at radius 2 is 1.95 bits per heavy atom. The fourth-order valence-corrected chi connectivity index (χ4v) is 3.68. The molecule has 6 heteroatoms. The molecule has 22 heavy (non-hydrogen) atoms. The lowest BCUT2D eigenvalue weighted by molar-refractivity contribution is -0.136. The summed E-state index contributed by atoms with van der Waals surface area (Å²) in [6.07, 6.45) is 0.663. The molecular formula is C16H11Cl2NO2S. The topological polar surface area (TPSA) is 50.2 Å². The molecule has 1 aromatic heterocycles. The molecule has 0 saturated heterocycles. The Balaban J connectivity index is 1.90. The third-order valence-electron chi connectivity index (χ3n) is 3.20. The van der Waals surface area contributed by atoms with Gasteiger partial charge in [-0.15, -0.1) is 11.3 Å². The lowest BCUT2D eigenvalue weighted by Gasteiger charge is -2.01. The van der Waals surface area contributed by atoms with Gasteiger partial charge in [0.15, 0.2) is 0 Å². The predicted octanol–water partition coefficient (Wildman–Crippen LogP) is 4.82. The lowest BCUT2D eigenvalue weighted by atomic mass is 10.1. The summed E-state index contributed by atoms with van der Waals surface area (Å²) in [6.45, 7) is 0. The normalized spacial score (nSPS) is 11.0. The van der Waals surface area contributed by atoms with E-state index in [0.717, 1.165) is 26.4 Å². The predicted molar refractivity (Wildman–Crippen MR) is 90.2 cm³/mol. The molecule has 0 fully saturated rings. The van der Waals surface area contributed by atoms with Crippen LogP contribution in [0.3, 0.4) is 0 Å². The fraction of sp³-hybridized carbons (Fsp3) is 0.125. The van der Waals surface area contributed by atoms with E-state index in [4.69, 9.17) is 28.3 Å². The van der Waals surface area contributed by atoms with Crippen LogP contribution in [0.5, 0.6) is 0 Å². The van der Waals surface area contributed by atoms with Gasteiger partial charge in [0.05, 0.1) is 26.2 Å². The second-order valence-electron chi connectivity index (χ2n) is 4.88. The second-order valence-corrected chi connectivity index (χ2v) is 6.78. The van der Waals surface area contributed by atoms with E-state index in [1.807, 2.05) is 30.3 Å². The largest absolute Gasteiger partial charge is 0.481 e. The number of halogens is 2. The van der Waals surface area contributed by atoms with Crippen LogP contribution in [0, 0.1) is 0 Å². The molecule has 0 atom stereocenters. The Labute approximate surface area is 141 Å². The monoisotopic (exact) mass is 351 g/mol. The van der Waals surface area contributed by atoms with Crippen molar-refractivity contribution in [2.24, 2.45) is 0 Å². The van der Waals surface area contributed by atoms with Crippen LogP contribution in [0.4, 0.5) is 0 Å². The molecule has 0 spiro atoms. The number of rotatable bonds is 4. The fourth-order valence-electron chi connectivity index (χ4n) is 2.26. The average Bonchev–Trinajstić information content (AvgIpc) is 2.86. The van der Waals surface area contributed by atoms with E-state index in [-0.39, 0.29) is 6.42 Å². The highest BCUT2D eigenvalue weighted by atomic mass is 35.5. The highest BCUT2D eigenvalue weighted by molar-refractivity contribution is 7.18. The molecule has 3 aromatic rings. The molecule has 3 nitrogen and oxygen atoms in total. The van der Waals surface area contributed by atoms with Crippen LogP contribution in [0.15, 0.2) is 36.4 Å². The summed E-state index contributed by atoms with van der Waals surface area (Å²) < 4.78 is 0.992. The smallest absolute Gasteiger partial charge is 0.307 e. The molecule has 0 amide bonds. The summed E-state index contributed by atoms with van der Waals surface area (Å²) in [7, 11) is 0.